The fraction of sp³-hybridized carbons (Fsp3) is 0.636. The standard InChI is InChI=1S/C12H15F3N2O2.C10H11F3N2O2/c1-2-19-11(18)9-7-16-17(8-5-3-4-6-8)10(9)12(13,14)15;11-10(12,13)8-7(9(16)17)5-14-15(8)6-3-1-2-4-6/h7-8H,2-6H2,1H3;5-6H,1-4H2,(H,16,17). The Bertz CT molecular complexity index is 1060. The van der Waals surface area contributed by atoms with E-state index >= 15 is 0 Å². The van der Waals surface area contributed by atoms with Crippen LogP contribution in [0.5, 0.6) is 0 Å². The van der Waals surface area contributed by atoms with E-state index in [2.05, 4.69) is 14.9 Å². The lowest BCUT2D eigenvalue weighted by atomic mass is 10.2. The summed E-state index contributed by atoms with van der Waals surface area (Å²) in [4.78, 5) is 22.3. The highest BCUT2D eigenvalue weighted by Crippen LogP contribution is 2.39. The van der Waals surface area contributed by atoms with Crippen molar-refractivity contribution < 1.29 is 45.8 Å². The maximum atomic E-state index is 13.1. The van der Waals surface area contributed by atoms with Crippen molar-refractivity contribution in [1.82, 2.24) is 19.6 Å². The molecule has 2 fully saturated rings. The molecular formula is C22H26F6N4O4. The Labute approximate surface area is 202 Å². The Morgan fingerprint density at radius 2 is 1.25 bits per heavy atom. The number of hydrogen-bond acceptors (Lipinski definition) is 5. The molecule has 2 aliphatic rings. The van der Waals surface area contributed by atoms with E-state index < -0.39 is 46.8 Å². The summed E-state index contributed by atoms with van der Waals surface area (Å²) >= 11 is 0. The number of hydrogen-bond donors (Lipinski definition) is 1. The molecule has 0 aliphatic heterocycles. The van der Waals surface area contributed by atoms with Crippen molar-refractivity contribution in [3.8, 4) is 0 Å². The van der Waals surface area contributed by atoms with Gasteiger partial charge in [0.05, 0.1) is 31.1 Å². The van der Waals surface area contributed by atoms with Crippen molar-refractivity contribution in [2.75, 3.05) is 6.61 Å². The number of carbonyl (C=O) groups is 2. The second kappa shape index (κ2) is 10.9. The van der Waals surface area contributed by atoms with E-state index in [-0.39, 0.29) is 18.7 Å². The molecule has 4 rings (SSSR count). The Morgan fingerprint density at radius 1 is 0.861 bits per heavy atom. The summed E-state index contributed by atoms with van der Waals surface area (Å²) in [6.45, 7) is 1.58. The van der Waals surface area contributed by atoms with E-state index in [0.29, 0.717) is 25.7 Å². The van der Waals surface area contributed by atoms with Crippen molar-refractivity contribution in [3.63, 3.8) is 0 Å². The first-order valence-corrected chi connectivity index (χ1v) is 11.6. The summed E-state index contributed by atoms with van der Waals surface area (Å²) in [5.41, 5.74) is -3.40. The first-order chi connectivity index (χ1) is 16.9. The van der Waals surface area contributed by atoms with Crippen LogP contribution in [0.25, 0.3) is 0 Å². The third kappa shape index (κ3) is 6.01. The van der Waals surface area contributed by atoms with Crippen LogP contribution in [0.1, 0.15) is 102 Å². The van der Waals surface area contributed by atoms with E-state index in [1.165, 1.54) is 0 Å². The Balaban J connectivity index is 0.000000202. The number of carboxylic acid groups (broad SMARTS) is 1. The molecule has 0 saturated heterocycles. The summed E-state index contributed by atoms with van der Waals surface area (Å²) < 4.78 is 84.3. The van der Waals surface area contributed by atoms with Gasteiger partial charge in [-0.05, 0) is 32.6 Å². The molecule has 1 N–H and O–H groups in total. The van der Waals surface area contributed by atoms with E-state index in [4.69, 9.17) is 5.11 Å². The van der Waals surface area contributed by atoms with E-state index in [1.807, 2.05) is 0 Å². The van der Waals surface area contributed by atoms with Gasteiger partial charge in [-0.1, -0.05) is 25.7 Å². The van der Waals surface area contributed by atoms with Crippen LogP contribution in [0.3, 0.4) is 0 Å². The molecule has 0 bridgehead atoms. The maximum Gasteiger partial charge on any atom is 0.433 e. The van der Waals surface area contributed by atoms with Crippen molar-refractivity contribution in [2.45, 2.75) is 82.7 Å². The monoisotopic (exact) mass is 524 g/mol. The number of aromatic carboxylic acids is 1. The molecule has 14 heteroatoms. The Morgan fingerprint density at radius 3 is 1.61 bits per heavy atom. The molecular weight excluding hydrogens is 498 g/mol. The molecule has 0 amide bonds. The highest BCUT2D eigenvalue weighted by Gasteiger charge is 2.43. The fourth-order valence-corrected chi connectivity index (χ4v) is 4.66. The molecule has 8 nitrogen and oxygen atoms in total. The van der Waals surface area contributed by atoms with Gasteiger partial charge in [0.1, 0.15) is 11.1 Å². The van der Waals surface area contributed by atoms with Gasteiger partial charge in [-0.15, -0.1) is 0 Å². The van der Waals surface area contributed by atoms with Crippen molar-refractivity contribution in [2.24, 2.45) is 0 Å². The summed E-state index contributed by atoms with van der Waals surface area (Å²) in [6, 6.07) is -0.612. The molecule has 0 atom stereocenters. The molecule has 2 heterocycles. The molecule has 0 spiro atoms. The number of ether oxygens (including phenoxy) is 1. The number of alkyl halides is 6. The van der Waals surface area contributed by atoms with Gasteiger partial charge in [-0.2, -0.15) is 36.5 Å². The predicted molar refractivity (Wildman–Crippen MR) is 112 cm³/mol. The number of nitrogens with zero attached hydrogens (tertiary/aromatic N) is 4. The Hall–Kier alpha value is -3.06. The first-order valence-electron chi connectivity index (χ1n) is 11.6. The van der Waals surface area contributed by atoms with Gasteiger partial charge >= 0.3 is 24.3 Å². The highest BCUT2D eigenvalue weighted by atomic mass is 19.4. The predicted octanol–water partition coefficient (Wildman–Crippen LogP) is 5.91. The van der Waals surface area contributed by atoms with Gasteiger partial charge in [0.2, 0.25) is 0 Å². The number of aromatic nitrogens is 4. The number of carboxylic acids is 1. The summed E-state index contributed by atoms with van der Waals surface area (Å²) in [5.74, 6) is -2.57. The average Bonchev–Trinajstić information content (AvgIpc) is 3.58. The SMILES string of the molecule is CCOC(=O)c1cnn(C2CCCC2)c1C(F)(F)F.O=C(O)c1cnn(C2CCCC2)c1C(F)(F)F. The first kappa shape index (κ1) is 27.5. The zero-order chi connectivity index (χ0) is 26.7. The van der Waals surface area contributed by atoms with Gasteiger partial charge in [0.15, 0.2) is 11.4 Å². The van der Waals surface area contributed by atoms with Crippen LogP contribution in [-0.2, 0) is 17.1 Å². The van der Waals surface area contributed by atoms with Crippen LogP contribution in [0, 0.1) is 0 Å². The van der Waals surface area contributed by atoms with Gasteiger partial charge in [-0.25, -0.2) is 9.59 Å². The van der Waals surface area contributed by atoms with Crippen molar-refractivity contribution >= 4 is 11.9 Å². The molecule has 0 unspecified atom stereocenters. The number of halogens is 6. The molecule has 2 aromatic heterocycles. The van der Waals surface area contributed by atoms with Crippen LogP contribution in [-0.4, -0.2) is 43.2 Å². The average molecular weight is 524 g/mol. The lowest BCUT2D eigenvalue weighted by Gasteiger charge is -2.16. The lowest BCUT2D eigenvalue weighted by Crippen LogP contribution is -2.21. The van der Waals surface area contributed by atoms with Crippen molar-refractivity contribution in [3.05, 3.63) is 34.9 Å². The molecule has 200 valence electrons. The third-order valence-electron chi connectivity index (χ3n) is 6.19. The molecule has 0 aromatic carbocycles. The van der Waals surface area contributed by atoms with Gasteiger partial charge < -0.3 is 9.84 Å². The van der Waals surface area contributed by atoms with Gasteiger partial charge in [0.25, 0.3) is 0 Å². The van der Waals surface area contributed by atoms with E-state index in [1.54, 1.807) is 6.92 Å². The summed E-state index contributed by atoms with van der Waals surface area (Å²) in [5, 5.41) is 16.1. The van der Waals surface area contributed by atoms with E-state index in [0.717, 1.165) is 47.4 Å². The minimum Gasteiger partial charge on any atom is -0.478 e. The second-order valence-corrected chi connectivity index (χ2v) is 8.60. The number of esters is 1. The largest absolute Gasteiger partial charge is 0.478 e. The normalized spacial score (nSPS) is 17.2. The summed E-state index contributed by atoms with van der Waals surface area (Å²) in [6.07, 6.45) is -1.54. The fourth-order valence-electron chi connectivity index (χ4n) is 4.66. The van der Waals surface area contributed by atoms with Gasteiger partial charge in [-0.3, -0.25) is 9.36 Å². The number of rotatable bonds is 5. The van der Waals surface area contributed by atoms with Crippen LogP contribution in [0.4, 0.5) is 26.3 Å². The molecule has 2 aromatic rings. The van der Waals surface area contributed by atoms with Crippen LogP contribution < -0.4 is 0 Å². The highest BCUT2D eigenvalue weighted by molar-refractivity contribution is 5.90. The lowest BCUT2D eigenvalue weighted by molar-refractivity contribution is -0.146. The molecule has 36 heavy (non-hydrogen) atoms. The van der Waals surface area contributed by atoms with E-state index in [9.17, 15) is 35.9 Å². The zero-order valence-corrected chi connectivity index (χ0v) is 19.4. The zero-order valence-electron chi connectivity index (χ0n) is 19.4. The molecule has 0 radical (unpaired) electrons. The quantitative estimate of drug-likeness (QED) is 0.386. The minimum absolute atomic E-state index is 0.0325. The topological polar surface area (TPSA) is 99.2 Å². The maximum absolute atomic E-state index is 13.1. The minimum atomic E-state index is -4.69. The Kier molecular flexibility index (Phi) is 8.34. The summed E-state index contributed by atoms with van der Waals surface area (Å²) in [7, 11) is 0. The van der Waals surface area contributed by atoms with Crippen LogP contribution in [0.2, 0.25) is 0 Å². The smallest absolute Gasteiger partial charge is 0.433 e. The third-order valence-corrected chi connectivity index (χ3v) is 6.19. The second-order valence-electron chi connectivity index (χ2n) is 8.60. The number of carbonyl (C=O) groups excluding carboxylic acids is 1. The molecule has 2 aliphatic carbocycles. The molecule has 2 saturated carbocycles. The van der Waals surface area contributed by atoms with Crippen LogP contribution >= 0.6 is 0 Å². The van der Waals surface area contributed by atoms with Crippen molar-refractivity contribution in [1.29, 1.82) is 0 Å². The van der Waals surface area contributed by atoms with Gasteiger partial charge in [0, 0.05) is 0 Å². The van der Waals surface area contributed by atoms with Crippen LogP contribution in [0.15, 0.2) is 12.4 Å².